The number of hydrogen-bond donors (Lipinski definition) is 2. The molecule has 0 saturated carbocycles. The molecule has 2 aliphatic rings. The van der Waals surface area contributed by atoms with Crippen molar-refractivity contribution < 1.29 is 35.9 Å². The summed E-state index contributed by atoms with van der Waals surface area (Å²) in [6.45, 7) is 1.98. The lowest BCUT2D eigenvalue weighted by atomic mass is 9.92. The number of aliphatic imine (C=N–C) groups is 1. The third-order valence-electron chi connectivity index (χ3n) is 6.94. The maximum absolute atomic E-state index is 13.9. The first-order valence-corrected chi connectivity index (χ1v) is 13.4. The number of H-pyrrole nitrogens is 1. The van der Waals surface area contributed by atoms with Crippen LogP contribution < -0.4 is 5.32 Å². The van der Waals surface area contributed by atoms with E-state index >= 15 is 0 Å². The summed E-state index contributed by atoms with van der Waals surface area (Å²) in [5.41, 5.74) is -1.84. The van der Waals surface area contributed by atoms with Crippen molar-refractivity contribution in [1.82, 2.24) is 15.5 Å². The highest BCUT2D eigenvalue weighted by Gasteiger charge is 2.38. The van der Waals surface area contributed by atoms with Crippen molar-refractivity contribution in [3.05, 3.63) is 69.8 Å². The number of halogens is 6. The van der Waals surface area contributed by atoms with Crippen LogP contribution in [0, 0.1) is 5.92 Å². The zero-order valence-corrected chi connectivity index (χ0v) is 21.8. The van der Waals surface area contributed by atoms with Gasteiger partial charge in [-0.1, -0.05) is 12.1 Å². The maximum atomic E-state index is 13.9. The van der Waals surface area contributed by atoms with Gasteiger partial charge in [-0.2, -0.15) is 36.4 Å². The van der Waals surface area contributed by atoms with Gasteiger partial charge in [0.05, 0.1) is 27.7 Å². The lowest BCUT2D eigenvalue weighted by molar-refractivity contribution is -0.143. The minimum atomic E-state index is -5.04. The van der Waals surface area contributed by atoms with Crippen LogP contribution in [-0.2, 0) is 28.3 Å². The normalized spacial score (nSPS) is 18.4. The fraction of sp³-hybridized carbons (Fsp3) is 0.370. The molecule has 0 spiro atoms. The fourth-order valence-electron chi connectivity index (χ4n) is 4.80. The van der Waals surface area contributed by atoms with Gasteiger partial charge in [0.25, 0.3) is 5.91 Å². The summed E-state index contributed by atoms with van der Waals surface area (Å²) >= 11 is 1.02. The van der Waals surface area contributed by atoms with Crippen LogP contribution >= 0.6 is 11.8 Å². The predicted molar refractivity (Wildman–Crippen MR) is 139 cm³/mol. The molecule has 0 atom stereocenters. The minimum absolute atomic E-state index is 0.111. The van der Waals surface area contributed by atoms with E-state index in [1.165, 1.54) is 6.20 Å². The first kappa shape index (κ1) is 28.2. The number of nitrogens with one attached hydrogen (secondary N) is 2. The number of amides is 1. The maximum Gasteiger partial charge on any atom is 0.416 e. The number of allylic oxidation sites excluding steroid dienone is 1. The Bertz CT molecular complexity index is 1470. The van der Waals surface area contributed by atoms with Gasteiger partial charge in [-0.15, -0.1) is 0 Å². The van der Waals surface area contributed by atoms with Crippen molar-refractivity contribution in [3.8, 4) is 0 Å². The van der Waals surface area contributed by atoms with Crippen LogP contribution in [0.15, 0.2) is 52.5 Å². The number of fused-ring (bicyclic) bond motifs is 1. The third kappa shape index (κ3) is 6.35. The van der Waals surface area contributed by atoms with Gasteiger partial charge in [-0.25, -0.2) is 0 Å². The Morgan fingerprint density at radius 2 is 1.82 bits per heavy atom. The highest BCUT2D eigenvalue weighted by atomic mass is 32.2. The number of aromatic amines is 1. The van der Waals surface area contributed by atoms with E-state index < -0.39 is 35.8 Å². The van der Waals surface area contributed by atoms with Crippen LogP contribution in [-0.4, -0.2) is 41.0 Å². The zero-order valence-electron chi connectivity index (χ0n) is 21.0. The predicted octanol–water partition coefficient (Wildman–Crippen LogP) is 6.59. The Hall–Kier alpha value is -3.32. The van der Waals surface area contributed by atoms with Gasteiger partial charge in [-0.05, 0) is 84.3 Å². The number of benzene rings is 2. The molecule has 212 valence electrons. The van der Waals surface area contributed by atoms with Gasteiger partial charge in [0.15, 0.2) is 5.17 Å². The first-order chi connectivity index (χ1) is 19.0. The zero-order chi connectivity index (χ0) is 28.5. The van der Waals surface area contributed by atoms with Crippen molar-refractivity contribution >= 4 is 39.3 Å². The number of nitrogens with zero attached hydrogens (tertiary/aromatic N) is 2. The molecule has 2 aliphatic heterocycles. The van der Waals surface area contributed by atoms with Crippen LogP contribution in [0.2, 0.25) is 0 Å². The van der Waals surface area contributed by atoms with Crippen molar-refractivity contribution in [1.29, 1.82) is 0 Å². The van der Waals surface area contributed by atoms with Crippen LogP contribution in [0.25, 0.3) is 16.5 Å². The lowest BCUT2D eigenvalue weighted by Crippen LogP contribution is -2.24. The molecule has 2 N–H and O–H groups in total. The molecule has 0 radical (unpaired) electrons. The summed E-state index contributed by atoms with van der Waals surface area (Å²) in [6, 6.07) is 6.53. The Kier molecular flexibility index (Phi) is 7.96. The van der Waals surface area contributed by atoms with Crippen molar-refractivity contribution in [2.75, 3.05) is 19.8 Å². The second-order valence-corrected chi connectivity index (χ2v) is 10.6. The van der Waals surface area contributed by atoms with E-state index in [4.69, 9.17) is 4.74 Å². The van der Waals surface area contributed by atoms with E-state index in [2.05, 4.69) is 20.5 Å². The SMILES string of the molecule is O=C1N=C(NCCC2CCOCC2)SC1=C(Cc1ccc(C(F)(F)F)cc1C(F)(F)F)c1ccc2[nH]ncc2c1. The van der Waals surface area contributed by atoms with Gasteiger partial charge >= 0.3 is 12.4 Å². The molecule has 5 rings (SSSR count). The summed E-state index contributed by atoms with van der Waals surface area (Å²) < 4.78 is 86.9. The molecule has 1 aromatic heterocycles. The number of thioether (sulfide) groups is 1. The Labute approximate surface area is 229 Å². The number of rotatable bonds is 6. The molecule has 1 saturated heterocycles. The minimum Gasteiger partial charge on any atom is -0.381 e. The first-order valence-electron chi connectivity index (χ1n) is 12.6. The van der Waals surface area contributed by atoms with Crippen molar-refractivity contribution in [2.45, 2.75) is 38.0 Å². The van der Waals surface area contributed by atoms with Gasteiger partial charge in [-0.3, -0.25) is 9.89 Å². The number of alkyl halides is 6. The van der Waals surface area contributed by atoms with Crippen LogP contribution in [0.1, 0.15) is 41.5 Å². The molecule has 3 aromatic rings. The molecule has 6 nitrogen and oxygen atoms in total. The van der Waals surface area contributed by atoms with Gasteiger partial charge in [0, 0.05) is 25.1 Å². The number of carbonyl (C=O) groups is 1. The Morgan fingerprint density at radius 3 is 2.55 bits per heavy atom. The van der Waals surface area contributed by atoms with E-state index in [1.54, 1.807) is 18.2 Å². The average Bonchev–Trinajstić information content (AvgIpc) is 3.52. The number of amidine groups is 1. The molecule has 0 unspecified atom stereocenters. The second-order valence-electron chi connectivity index (χ2n) is 9.62. The quantitative estimate of drug-likeness (QED) is 0.253. The molecular weight excluding hydrogens is 558 g/mol. The average molecular weight is 583 g/mol. The molecule has 13 heteroatoms. The molecule has 0 aliphatic carbocycles. The monoisotopic (exact) mass is 582 g/mol. The van der Waals surface area contributed by atoms with Crippen LogP contribution in [0.4, 0.5) is 26.3 Å². The molecule has 1 amide bonds. The van der Waals surface area contributed by atoms with E-state index in [0.29, 0.717) is 53.4 Å². The molecule has 0 bridgehead atoms. The topological polar surface area (TPSA) is 79.4 Å². The standard InChI is InChI=1S/C27H24F6N4O2S/c28-26(29,30)19-3-1-17(21(13-19)27(31,32)33)12-20(16-2-4-22-18(11-16)14-35-37-22)23-24(38)36-25(40-23)34-8-5-15-6-9-39-10-7-15/h1-4,11,13-15H,5-10,12H2,(H,35,37)(H,34,36,38). The van der Waals surface area contributed by atoms with Crippen molar-refractivity contribution in [3.63, 3.8) is 0 Å². The molecule has 2 aromatic carbocycles. The van der Waals surface area contributed by atoms with Crippen LogP contribution in [0.3, 0.4) is 0 Å². The Morgan fingerprint density at radius 1 is 1.05 bits per heavy atom. The summed E-state index contributed by atoms with van der Waals surface area (Å²) in [6.07, 6.45) is -6.15. The second kappa shape index (κ2) is 11.3. The number of carbonyl (C=O) groups excluding carboxylic acids is 1. The number of ether oxygens (including phenoxy) is 1. The summed E-state index contributed by atoms with van der Waals surface area (Å²) in [7, 11) is 0. The van der Waals surface area contributed by atoms with Gasteiger partial charge in [0.2, 0.25) is 0 Å². The van der Waals surface area contributed by atoms with E-state index in [9.17, 15) is 31.1 Å². The largest absolute Gasteiger partial charge is 0.416 e. The van der Waals surface area contributed by atoms with Gasteiger partial charge < -0.3 is 10.1 Å². The smallest absolute Gasteiger partial charge is 0.381 e. The molecular formula is C27H24F6N4O2S. The highest BCUT2D eigenvalue weighted by molar-refractivity contribution is 8.18. The summed E-state index contributed by atoms with van der Waals surface area (Å²) in [5, 5.41) is 10.9. The fourth-order valence-corrected chi connectivity index (χ4v) is 5.74. The lowest BCUT2D eigenvalue weighted by Gasteiger charge is -2.21. The molecule has 1 fully saturated rings. The van der Waals surface area contributed by atoms with E-state index in [-0.39, 0.29) is 22.1 Å². The van der Waals surface area contributed by atoms with E-state index in [1.807, 2.05) is 0 Å². The van der Waals surface area contributed by atoms with Gasteiger partial charge in [0.1, 0.15) is 0 Å². The number of aromatic nitrogens is 2. The molecule has 3 heterocycles. The Balaban J connectivity index is 1.48. The van der Waals surface area contributed by atoms with Crippen molar-refractivity contribution in [2.24, 2.45) is 10.9 Å². The third-order valence-corrected chi connectivity index (χ3v) is 7.99. The summed E-state index contributed by atoms with van der Waals surface area (Å²) in [5.74, 6) is -0.141. The van der Waals surface area contributed by atoms with Crippen LogP contribution in [0.5, 0.6) is 0 Å². The number of hydrogen-bond acceptors (Lipinski definition) is 5. The molecule has 40 heavy (non-hydrogen) atoms. The summed E-state index contributed by atoms with van der Waals surface area (Å²) in [4.78, 5) is 17.2. The van der Waals surface area contributed by atoms with E-state index in [0.717, 1.165) is 37.1 Å². The highest BCUT2D eigenvalue weighted by Crippen LogP contribution is 2.41.